The van der Waals surface area contributed by atoms with Gasteiger partial charge in [-0.2, -0.15) is 0 Å². The van der Waals surface area contributed by atoms with Crippen LogP contribution in [-0.2, 0) is 0 Å². The van der Waals surface area contributed by atoms with E-state index in [-0.39, 0.29) is 6.04 Å². The first-order chi connectivity index (χ1) is 8.09. The zero-order chi connectivity index (χ0) is 12.4. The monoisotopic (exact) mass is 265 g/mol. The second kappa shape index (κ2) is 5.09. The van der Waals surface area contributed by atoms with Crippen LogP contribution in [0.15, 0.2) is 42.5 Å². The van der Waals surface area contributed by atoms with Gasteiger partial charge >= 0.3 is 0 Å². The van der Waals surface area contributed by atoms with Crippen molar-refractivity contribution >= 4 is 23.2 Å². The molecule has 0 aromatic heterocycles. The van der Waals surface area contributed by atoms with Gasteiger partial charge in [0.15, 0.2) is 0 Å². The van der Waals surface area contributed by atoms with E-state index in [1.54, 1.807) is 12.1 Å². The summed E-state index contributed by atoms with van der Waals surface area (Å²) in [5, 5.41) is 1.20. The van der Waals surface area contributed by atoms with Crippen molar-refractivity contribution in [2.45, 2.75) is 13.0 Å². The van der Waals surface area contributed by atoms with Crippen molar-refractivity contribution in [1.82, 2.24) is 0 Å². The third kappa shape index (κ3) is 2.63. The maximum atomic E-state index is 6.20. The van der Waals surface area contributed by atoms with Crippen LogP contribution < -0.4 is 5.73 Å². The normalized spacial score (nSPS) is 12.5. The molecular formula is C14H13Cl2N. The summed E-state index contributed by atoms with van der Waals surface area (Å²) >= 11 is 12.3. The maximum Gasteiger partial charge on any atom is 0.0581 e. The fourth-order valence-electron chi connectivity index (χ4n) is 1.75. The summed E-state index contributed by atoms with van der Waals surface area (Å²) in [6.45, 7) is 2.04. The first kappa shape index (κ1) is 12.4. The molecule has 3 heteroatoms. The molecule has 0 aliphatic rings. The highest BCUT2D eigenvalue weighted by molar-refractivity contribution is 6.36. The Kier molecular flexibility index (Phi) is 3.72. The van der Waals surface area contributed by atoms with E-state index in [1.807, 2.05) is 37.3 Å². The van der Waals surface area contributed by atoms with E-state index < -0.39 is 0 Å². The van der Waals surface area contributed by atoms with Crippen LogP contribution in [0.25, 0.3) is 0 Å². The molecule has 0 aliphatic carbocycles. The summed E-state index contributed by atoms with van der Waals surface area (Å²) in [6, 6.07) is 13.2. The summed E-state index contributed by atoms with van der Waals surface area (Å²) in [6.07, 6.45) is 0. The number of nitrogens with two attached hydrogens (primary N) is 1. The van der Waals surface area contributed by atoms with Crippen LogP contribution in [-0.4, -0.2) is 0 Å². The van der Waals surface area contributed by atoms with Gasteiger partial charge in [-0.3, -0.25) is 0 Å². The Balaban J connectivity index is 2.43. The van der Waals surface area contributed by atoms with Gasteiger partial charge in [0.05, 0.1) is 6.04 Å². The molecule has 0 bridgehead atoms. The zero-order valence-electron chi connectivity index (χ0n) is 9.45. The molecule has 0 saturated heterocycles. The molecule has 0 fully saturated rings. The van der Waals surface area contributed by atoms with E-state index in [2.05, 4.69) is 0 Å². The predicted octanol–water partition coefficient (Wildman–Crippen LogP) is 4.35. The average Bonchev–Trinajstić information content (AvgIpc) is 2.29. The first-order valence-electron chi connectivity index (χ1n) is 5.35. The van der Waals surface area contributed by atoms with Crippen LogP contribution in [0.3, 0.4) is 0 Å². The van der Waals surface area contributed by atoms with Crippen molar-refractivity contribution in [2.75, 3.05) is 0 Å². The van der Waals surface area contributed by atoms with Crippen LogP contribution >= 0.6 is 23.2 Å². The molecule has 0 amide bonds. The lowest BCUT2D eigenvalue weighted by Gasteiger charge is -2.16. The molecule has 17 heavy (non-hydrogen) atoms. The molecule has 0 spiro atoms. The molecule has 1 nitrogen and oxygen atoms in total. The number of benzene rings is 2. The molecule has 88 valence electrons. The molecule has 0 radical (unpaired) electrons. The van der Waals surface area contributed by atoms with Gasteiger partial charge in [-0.05, 0) is 24.6 Å². The van der Waals surface area contributed by atoms with E-state index in [9.17, 15) is 0 Å². The molecule has 2 aromatic rings. The van der Waals surface area contributed by atoms with E-state index >= 15 is 0 Å². The molecule has 1 unspecified atom stereocenters. The molecular weight excluding hydrogens is 253 g/mol. The maximum absolute atomic E-state index is 6.20. The van der Waals surface area contributed by atoms with Crippen molar-refractivity contribution in [3.63, 3.8) is 0 Å². The van der Waals surface area contributed by atoms with Crippen molar-refractivity contribution in [3.8, 4) is 0 Å². The van der Waals surface area contributed by atoms with Gasteiger partial charge in [0.2, 0.25) is 0 Å². The standard InChI is InChI=1S/C14H13Cl2N/c1-9-5-7-10(8-6-9)14(17)13-11(15)3-2-4-12(13)16/h2-8,14H,17H2,1H3. The minimum absolute atomic E-state index is 0.295. The molecule has 0 heterocycles. The topological polar surface area (TPSA) is 26.0 Å². The fraction of sp³-hybridized carbons (Fsp3) is 0.143. The summed E-state index contributed by atoms with van der Waals surface area (Å²) in [5.41, 5.74) is 9.18. The second-order valence-electron chi connectivity index (χ2n) is 4.02. The number of hydrogen-bond donors (Lipinski definition) is 1. The SMILES string of the molecule is Cc1ccc(C(N)c2c(Cl)cccc2Cl)cc1. The number of hydrogen-bond acceptors (Lipinski definition) is 1. The Morgan fingerprint density at radius 2 is 1.47 bits per heavy atom. The highest BCUT2D eigenvalue weighted by atomic mass is 35.5. The number of halogens is 2. The molecule has 0 saturated carbocycles. The molecule has 2 rings (SSSR count). The van der Waals surface area contributed by atoms with Gasteiger partial charge in [-0.15, -0.1) is 0 Å². The van der Waals surface area contributed by atoms with Crippen molar-refractivity contribution in [2.24, 2.45) is 5.73 Å². The Labute approximate surface area is 111 Å². The average molecular weight is 266 g/mol. The van der Waals surface area contributed by atoms with Gasteiger partial charge in [0, 0.05) is 15.6 Å². The van der Waals surface area contributed by atoms with Gasteiger partial charge in [0.25, 0.3) is 0 Å². The van der Waals surface area contributed by atoms with Crippen LogP contribution in [0.2, 0.25) is 10.0 Å². The second-order valence-corrected chi connectivity index (χ2v) is 4.84. The van der Waals surface area contributed by atoms with Gasteiger partial charge in [-0.1, -0.05) is 59.1 Å². The molecule has 2 aromatic carbocycles. The van der Waals surface area contributed by atoms with Crippen LogP contribution in [0.4, 0.5) is 0 Å². The van der Waals surface area contributed by atoms with E-state index in [1.165, 1.54) is 5.56 Å². The summed E-state index contributed by atoms with van der Waals surface area (Å²) in [7, 11) is 0. The predicted molar refractivity (Wildman–Crippen MR) is 73.7 cm³/mol. The molecule has 0 aliphatic heterocycles. The lowest BCUT2D eigenvalue weighted by molar-refractivity contribution is 0.871. The minimum Gasteiger partial charge on any atom is -0.320 e. The summed E-state index contributed by atoms with van der Waals surface area (Å²) < 4.78 is 0. The smallest absolute Gasteiger partial charge is 0.0581 e. The van der Waals surface area contributed by atoms with E-state index in [0.29, 0.717) is 10.0 Å². The van der Waals surface area contributed by atoms with Gasteiger partial charge in [-0.25, -0.2) is 0 Å². The highest BCUT2D eigenvalue weighted by Gasteiger charge is 2.15. The lowest BCUT2D eigenvalue weighted by Crippen LogP contribution is -2.12. The zero-order valence-corrected chi connectivity index (χ0v) is 11.0. The Hall–Kier alpha value is -1.02. The largest absolute Gasteiger partial charge is 0.320 e. The minimum atomic E-state index is -0.295. The van der Waals surface area contributed by atoms with Crippen LogP contribution in [0, 0.1) is 6.92 Å². The number of rotatable bonds is 2. The van der Waals surface area contributed by atoms with Crippen molar-refractivity contribution in [3.05, 3.63) is 69.2 Å². The third-order valence-electron chi connectivity index (χ3n) is 2.75. The number of aryl methyl sites for hydroxylation is 1. The third-order valence-corrected chi connectivity index (χ3v) is 3.41. The van der Waals surface area contributed by atoms with Gasteiger partial charge < -0.3 is 5.73 Å². The molecule has 2 N–H and O–H groups in total. The fourth-order valence-corrected chi connectivity index (χ4v) is 2.38. The summed E-state index contributed by atoms with van der Waals surface area (Å²) in [5.74, 6) is 0. The Morgan fingerprint density at radius 3 is 2.00 bits per heavy atom. The molecule has 1 atom stereocenters. The van der Waals surface area contributed by atoms with Crippen LogP contribution in [0.1, 0.15) is 22.7 Å². The van der Waals surface area contributed by atoms with E-state index in [0.717, 1.165) is 11.1 Å². The van der Waals surface area contributed by atoms with Crippen molar-refractivity contribution in [1.29, 1.82) is 0 Å². The van der Waals surface area contributed by atoms with Gasteiger partial charge in [0.1, 0.15) is 0 Å². The Bertz CT molecular complexity index is 500. The summed E-state index contributed by atoms with van der Waals surface area (Å²) in [4.78, 5) is 0. The first-order valence-corrected chi connectivity index (χ1v) is 6.11. The Morgan fingerprint density at radius 1 is 0.941 bits per heavy atom. The van der Waals surface area contributed by atoms with E-state index in [4.69, 9.17) is 28.9 Å². The van der Waals surface area contributed by atoms with Crippen molar-refractivity contribution < 1.29 is 0 Å². The highest BCUT2D eigenvalue weighted by Crippen LogP contribution is 2.32. The quantitative estimate of drug-likeness (QED) is 0.859. The lowest BCUT2D eigenvalue weighted by atomic mass is 9.98. The van der Waals surface area contributed by atoms with Crippen LogP contribution in [0.5, 0.6) is 0 Å².